The number of halogens is 2. The number of aromatic nitrogens is 2. The van der Waals surface area contributed by atoms with Gasteiger partial charge in [0.1, 0.15) is 17.4 Å². The number of hydrogen-bond acceptors (Lipinski definition) is 4. The zero-order valence-electron chi connectivity index (χ0n) is 11.6. The van der Waals surface area contributed by atoms with Crippen molar-refractivity contribution in [1.29, 1.82) is 5.26 Å². The number of nitrogens with one attached hydrogen (secondary N) is 1. The highest BCUT2D eigenvalue weighted by molar-refractivity contribution is 7.98. The fraction of sp³-hybridized carbons (Fsp3) is 0.0625. The Morgan fingerprint density at radius 1 is 1.35 bits per heavy atom. The molecule has 114 valence electrons. The minimum absolute atomic E-state index is 0.0220. The first-order valence-electron chi connectivity index (χ1n) is 6.57. The molecule has 23 heavy (non-hydrogen) atoms. The number of hydrogen-bond donors (Lipinski definition) is 1. The van der Waals surface area contributed by atoms with Crippen LogP contribution in [0.1, 0.15) is 11.1 Å². The summed E-state index contributed by atoms with van der Waals surface area (Å²) in [5, 5.41) is 11.1. The van der Waals surface area contributed by atoms with Crippen molar-refractivity contribution < 1.29 is 4.39 Å². The van der Waals surface area contributed by atoms with Gasteiger partial charge in [-0.15, -0.1) is 11.8 Å². The first-order valence-corrected chi connectivity index (χ1v) is 7.93. The zero-order valence-corrected chi connectivity index (χ0v) is 13.2. The third kappa shape index (κ3) is 3.07. The second-order valence-corrected chi connectivity index (χ2v) is 6.11. The van der Waals surface area contributed by atoms with Gasteiger partial charge in [-0.3, -0.25) is 9.78 Å². The zero-order chi connectivity index (χ0) is 16.4. The molecule has 0 fully saturated rings. The first-order chi connectivity index (χ1) is 11.1. The van der Waals surface area contributed by atoms with Crippen molar-refractivity contribution in [3.63, 3.8) is 0 Å². The van der Waals surface area contributed by atoms with E-state index in [4.69, 9.17) is 16.9 Å². The number of nitrogens with zero attached hydrogens (tertiary/aromatic N) is 2. The van der Waals surface area contributed by atoms with Gasteiger partial charge in [0, 0.05) is 28.9 Å². The van der Waals surface area contributed by atoms with Crippen LogP contribution in [0.5, 0.6) is 0 Å². The number of thioether (sulfide) groups is 1. The number of H-pyrrole nitrogens is 1. The Balaban J connectivity index is 2.08. The van der Waals surface area contributed by atoms with Gasteiger partial charge >= 0.3 is 0 Å². The maximum absolute atomic E-state index is 13.6. The minimum atomic E-state index is -0.491. The van der Waals surface area contributed by atoms with E-state index in [-0.39, 0.29) is 5.56 Å². The van der Waals surface area contributed by atoms with Gasteiger partial charge in [-0.25, -0.2) is 4.39 Å². The van der Waals surface area contributed by atoms with Gasteiger partial charge in [0.25, 0.3) is 5.56 Å². The van der Waals surface area contributed by atoms with Crippen molar-refractivity contribution in [3.8, 4) is 6.07 Å². The third-order valence-electron chi connectivity index (χ3n) is 3.29. The number of nitriles is 1. The van der Waals surface area contributed by atoms with Crippen LogP contribution in [0.2, 0.25) is 5.02 Å². The number of aromatic amines is 1. The van der Waals surface area contributed by atoms with E-state index in [9.17, 15) is 9.18 Å². The van der Waals surface area contributed by atoms with Gasteiger partial charge in [-0.05, 0) is 29.8 Å². The van der Waals surface area contributed by atoms with Crippen LogP contribution in [-0.2, 0) is 5.75 Å². The summed E-state index contributed by atoms with van der Waals surface area (Å²) in [7, 11) is 0. The van der Waals surface area contributed by atoms with Crippen LogP contribution < -0.4 is 5.56 Å². The Bertz CT molecular complexity index is 997. The molecule has 0 spiro atoms. The normalized spacial score (nSPS) is 10.7. The molecule has 0 saturated heterocycles. The molecule has 4 nitrogen and oxygen atoms in total. The molecule has 3 aromatic rings. The van der Waals surface area contributed by atoms with E-state index in [0.717, 1.165) is 5.56 Å². The summed E-state index contributed by atoms with van der Waals surface area (Å²) in [4.78, 5) is 18.6. The van der Waals surface area contributed by atoms with Crippen molar-refractivity contribution in [2.75, 3.05) is 0 Å². The van der Waals surface area contributed by atoms with Crippen LogP contribution in [-0.4, -0.2) is 9.97 Å². The molecule has 0 radical (unpaired) electrons. The van der Waals surface area contributed by atoms with E-state index in [1.54, 1.807) is 12.3 Å². The van der Waals surface area contributed by atoms with Crippen molar-refractivity contribution in [3.05, 3.63) is 69.0 Å². The van der Waals surface area contributed by atoms with Crippen molar-refractivity contribution >= 4 is 34.1 Å². The van der Waals surface area contributed by atoms with Crippen LogP contribution in [0.4, 0.5) is 4.39 Å². The highest BCUT2D eigenvalue weighted by Crippen LogP contribution is 2.30. The van der Waals surface area contributed by atoms with Gasteiger partial charge in [-0.2, -0.15) is 5.26 Å². The lowest BCUT2D eigenvalue weighted by molar-refractivity contribution is 0.629. The molecule has 2 aromatic heterocycles. The maximum Gasteiger partial charge on any atom is 0.267 e. The molecule has 1 aromatic carbocycles. The molecule has 7 heteroatoms. The summed E-state index contributed by atoms with van der Waals surface area (Å²) >= 11 is 7.38. The Hall–Kier alpha value is -2.36. The third-order valence-corrected chi connectivity index (χ3v) is 4.70. The summed E-state index contributed by atoms with van der Waals surface area (Å²) in [6, 6.07) is 7.63. The number of rotatable bonds is 3. The molecule has 0 aliphatic carbocycles. The fourth-order valence-electron chi connectivity index (χ4n) is 2.17. The summed E-state index contributed by atoms with van der Waals surface area (Å²) in [6.07, 6.45) is 3.16. The highest BCUT2D eigenvalue weighted by Gasteiger charge is 2.12. The molecule has 2 heterocycles. The Morgan fingerprint density at radius 2 is 2.17 bits per heavy atom. The average Bonchev–Trinajstić information content (AvgIpc) is 2.54. The monoisotopic (exact) mass is 345 g/mol. The molecular formula is C16H9ClFN3OS. The van der Waals surface area contributed by atoms with E-state index in [1.165, 1.54) is 36.2 Å². The van der Waals surface area contributed by atoms with Crippen molar-refractivity contribution in [1.82, 2.24) is 9.97 Å². The Labute approximate surface area is 139 Å². The minimum Gasteiger partial charge on any atom is -0.315 e. The fourth-order valence-corrected chi connectivity index (χ4v) is 3.48. The molecule has 0 bridgehead atoms. The van der Waals surface area contributed by atoms with Crippen LogP contribution >= 0.6 is 23.4 Å². The number of pyridine rings is 2. The van der Waals surface area contributed by atoms with E-state index >= 15 is 0 Å². The lowest BCUT2D eigenvalue weighted by Gasteiger charge is -2.08. The van der Waals surface area contributed by atoms with E-state index in [2.05, 4.69) is 9.97 Å². The summed E-state index contributed by atoms with van der Waals surface area (Å²) in [6.45, 7) is 0. The predicted octanol–water partition coefficient (Wildman–Crippen LogP) is 3.88. The predicted molar refractivity (Wildman–Crippen MR) is 88.0 cm³/mol. The van der Waals surface area contributed by atoms with E-state index < -0.39 is 11.4 Å². The molecule has 0 unspecified atom stereocenters. The highest BCUT2D eigenvalue weighted by atomic mass is 35.5. The van der Waals surface area contributed by atoms with Crippen molar-refractivity contribution in [2.24, 2.45) is 0 Å². The van der Waals surface area contributed by atoms with Crippen molar-refractivity contribution in [2.45, 2.75) is 10.8 Å². The second-order valence-electron chi connectivity index (χ2n) is 4.72. The molecule has 3 rings (SSSR count). The molecule has 0 atom stereocenters. The van der Waals surface area contributed by atoms with E-state index in [1.807, 2.05) is 6.07 Å². The SMILES string of the molecule is N#Cc1c(=O)[nH]c(SCc2ccncc2Cl)c2cc(F)ccc12. The van der Waals surface area contributed by atoms with Gasteiger partial charge in [0.05, 0.1) is 10.0 Å². The smallest absolute Gasteiger partial charge is 0.267 e. The van der Waals surface area contributed by atoms with Gasteiger partial charge in [0.2, 0.25) is 0 Å². The number of fused-ring (bicyclic) bond motifs is 1. The lowest BCUT2D eigenvalue weighted by Crippen LogP contribution is -2.11. The molecule has 0 saturated carbocycles. The van der Waals surface area contributed by atoms with Crippen LogP contribution in [0.15, 0.2) is 46.5 Å². The Kier molecular flexibility index (Phi) is 4.33. The summed E-state index contributed by atoms with van der Waals surface area (Å²) in [5.74, 6) is 0.0478. The standard InChI is InChI=1S/C16H9ClFN3OS/c17-14-7-20-4-3-9(14)8-23-16-12-5-10(18)1-2-11(12)13(6-19)15(22)21-16/h1-5,7H,8H2,(H,21,22). The summed E-state index contributed by atoms with van der Waals surface area (Å²) < 4.78 is 13.6. The second kappa shape index (κ2) is 6.41. The number of benzene rings is 1. The lowest BCUT2D eigenvalue weighted by atomic mass is 10.1. The first kappa shape index (κ1) is 15.5. The van der Waals surface area contributed by atoms with Gasteiger partial charge in [-0.1, -0.05) is 11.6 Å². The quantitative estimate of drug-likeness (QED) is 0.731. The Morgan fingerprint density at radius 3 is 2.91 bits per heavy atom. The largest absolute Gasteiger partial charge is 0.315 e. The molecule has 0 amide bonds. The molecular weight excluding hydrogens is 337 g/mol. The van der Waals surface area contributed by atoms with Crippen LogP contribution in [0.25, 0.3) is 10.8 Å². The van der Waals surface area contributed by atoms with Gasteiger partial charge in [0.15, 0.2) is 0 Å². The van der Waals surface area contributed by atoms with Gasteiger partial charge < -0.3 is 4.98 Å². The topological polar surface area (TPSA) is 69.5 Å². The summed E-state index contributed by atoms with van der Waals surface area (Å²) in [5.41, 5.74) is 0.336. The van der Waals surface area contributed by atoms with E-state index in [0.29, 0.717) is 26.6 Å². The molecule has 1 N–H and O–H groups in total. The maximum atomic E-state index is 13.6. The average molecular weight is 346 g/mol. The van der Waals surface area contributed by atoms with Crippen LogP contribution in [0.3, 0.4) is 0 Å². The molecule has 0 aliphatic heterocycles. The molecule has 0 aliphatic rings. The van der Waals surface area contributed by atoms with Crippen LogP contribution in [0, 0.1) is 17.1 Å².